The maximum absolute atomic E-state index is 12.6. The molecule has 1 aromatic heterocycles. The third-order valence-corrected chi connectivity index (χ3v) is 3.10. The number of hydrogen-bond donors (Lipinski definition) is 1. The SMILES string of the molecule is Oc1ccc2cc(COc3cccc(C(F)(F)F)c3)oc2c1. The van der Waals surface area contributed by atoms with Crippen molar-refractivity contribution in [2.45, 2.75) is 12.8 Å². The molecule has 0 spiro atoms. The maximum atomic E-state index is 12.6. The Morgan fingerprint density at radius 2 is 1.86 bits per heavy atom. The molecule has 114 valence electrons. The number of alkyl halides is 3. The lowest BCUT2D eigenvalue weighted by atomic mass is 10.2. The van der Waals surface area contributed by atoms with E-state index in [9.17, 15) is 18.3 Å². The molecule has 0 radical (unpaired) electrons. The first-order valence-electron chi connectivity index (χ1n) is 6.43. The van der Waals surface area contributed by atoms with Crippen LogP contribution in [0.2, 0.25) is 0 Å². The summed E-state index contributed by atoms with van der Waals surface area (Å²) in [6.07, 6.45) is -4.41. The second-order valence-electron chi connectivity index (χ2n) is 4.75. The zero-order valence-electron chi connectivity index (χ0n) is 11.2. The highest BCUT2D eigenvalue weighted by Crippen LogP contribution is 2.31. The molecule has 0 atom stereocenters. The Kier molecular flexibility index (Phi) is 3.44. The van der Waals surface area contributed by atoms with Gasteiger partial charge in [-0.05, 0) is 36.4 Å². The maximum Gasteiger partial charge on any atom is 0.416 e. The van der Waals surface area contributed by atoms with Gasteiger partial charge >= 0.3 is 6.18 Å². The Balaban J connectivity index is 1.76. The molecule has 0 aliphatic rings. The van der Waals surface area contributed by atoms with Crippen LogP contribution in [0.1, 0.15) is 11.3 Å². The van der Waals surface area contributed by atoms with Crippen molar-refractivity contribution in [3.05, 3.63) is 59.9 Å². The highest BCUT2D eigenvalue weighted by Gasteiger charge is 2.30. The van der Waals surface area contributed by atoms with Gasteiger partial charge in [-0.3, -0.25) is 0 Å². The number of ether oxygens (including phenoxy) is 1. The van der Waals surface area contributed by atoms with E-state index in [1.807, 2.05) is 0 Å². The van der Waals surface area contributed by atoms with Crippen molar-refractivity contribution in [3.63, 3.8) is 0 Å². The van der Waals surface area contributed by atoms with Crippen molar-refractivity contribution in [1.82, 2.24) is 0 Å². The molecule has 1 N–H and O–H groups in total. The van der Waals surface area contributed by atoms with Gasteiger partial charge < -0.3 is 14.3 Å². The molecule has 0 saturated carbocycles. The van der Waals surface area contributed by atoms with Gasteiger partial charge in [0.15, 0.2) is 0 Å². The number of phenols is 1. The predicted octanol–water partition coefficient (Wildman–Crippen LogP) is 4.74. The molecule has 0 aliphatic carbocycles. The zero-order chi connectivity index (χ0) is 15.7. The Morgan fingerprint density at radius 1 is 1.05 bits per heavy atom. The Morgan fingerprint density at radius 3 is 2.64 bits per heavy atom. The fraction of sp³-hybridized carbons (Fsp3) is 0.125. The van der Waals surface area contributed by atoms with Gasteiger partial charge in [0, 0.05) is 11.5 Å². The third-order valence-electron chi connectivity index (χ3n) is 3.10. The summed E-state index contributed by atoms with van der Waals surface area (Å²) in [4.78, 5) is 0. The molecule has 6 heteroatoms. The molecular formula is C16H11F3O3. The van der Waals surface area contributed by atoms with Crippen molar-refractivity contribution in [3.8, 4) is 11.5 Å². The third kappa shape index (κ3) is 3.00. The number of fused-ring (bicyclic) bond motifs is 1. The second-order valence-corrected chi connectivity index (χ2v) is 4.75. The van der Waals surface area contributed by atoms with Crippen LogP contribution < -0.4 is 4.74 Å². The van der Waals surface area contributed by atoms with Crippen LogP contribution in [0.3, 0.4) is 0 Å². The van der Waals surface area contributed by atoms with Crippen LogP contribution in [-0.4, -0.2) is 5.11 Å². The number of benzene rings is 2. The van der Waals surface area contributed by atoms with E-state index in [4.69, 9.17) is 9.15 Å². The smallest absolute Gasteiger partial charge is 0.416 e. The lowest BCUT2D eigenvalue weighted by Gasteiger charge is -2.09. The number of aromatic hydroxyl groups is 1. The van der Waals surface area contributed by atoms with E-state index in [-0.39, 0.29) is 18.1 Å². The van der Waals surface area contributed by atoms with Gasteiger partial charge in [0.2, 0.25) is 0 Å². The van der Waals surface area contributed by atoms with Gasteiger partial charge in [0.1, 0.15) is 29.4 Å². The van der Waals surface area contributed by atoms with Gasteiger partial charge in [-0.25, -0.2) is 0 Å². The average Bonchev–Trinajstić information content (AvgIpc) is 2.86. The number of hydrogen-bond acceptors (Lipinski definition) is 3. The summed E-state index contributed by atoms with van der Waals surface area (Å²) in [6, 6.07) is 11.0. The van der Waals surface area contributed by atoms with Gasteiger partial charge in [0.05, 0.1) is 5.56 Å². The lowest BCUT2D eigenvalue weighted by molar-refractivity contribution is -0.137. The molecule has 3 rings (SSSR count). The normalized spacial score (nSPS) is 11.8. The molecule has 22 heavy (non-hydrogen) atoms. The minimum absolute atomic E-state index is 0.00322. The van der Waals surface area contributed by atoms with Crippen molar-refractivity contribution in [1.29, 1.82) is 0 Å². The zero-order valence-corrected chi connectivity index (χ0v) is 11.2. The Hall–Kier alpha value is -2.63. The molecule has 0 saturated heterocycles. The highest BCUT2D eigenvalue weighted by molar-refractivity contribution is 5.79. The second kappa shape index (κ2) is 5.29. The van der Waals surface area contributed by atoms with Crippen molar-refractivity contribution >= 4 is 11.0 Å². The van der Waals surface area contributed by atoms with E-state index in [1.54, 1.807) is 12.1 Å². The average molecular weight is 308 g/mol. The van der Waals surface area contributed by atoms with E-state index in [0.717, 1.165) is 17.5 Å². The molecule has 1 heterocycles. The summed E-state index contributed by atoms with van der Waals surface area (Å²) in [5.41, 5.74) is -0.276. The molecular weight excluding hydrogens is 297 g/mol. The summed E-state index contributed by atoms with van der Waals surface area (Å²) >= 11 is 0. The molecule has 0 aliphatic heterocycles. The summed E-state index contributed by atoms with van der Waals surface area (Å²) in [6.45, 7) is -0.00322. The predicted molar refractivity (Wildman–Crippen MR) is 73.7 cm³/mol. The quantitative estimate of drug-likeness (QED) is 0.760. The fourth-order valence-corrected chi connectivity index (χ4v) is 2.06. The van der Waals surface area contributed by atoms with Crippen molar-refractivity contribution < 1.29 is 27.4 Å². The highest BCUT2D eigenvalue weighted by atomic mass is 19.4. The van der Waals surface area contributed by atoms with E-state index in [2.05, 4.69) is 0 Å². The minimum Gasteiger partial charge on any atom is -0.508 e. The number of rotatable bonds is 3. The van der Waals surface area contributed by atoms with E-state index < -0.39 is 11.7 Å². The molecule has 0 bridgehead atoms. The van der Waals surface area contributed by atoms with Gasteiger partial charge in [0.25, 0.3) is 0 Å². The topological polar surface area (TPSA) is 42.6 Å². The van der Waals surface area contributed by atoms with Crippen LogP contribution in [0.4, 0.5) is 13.2 Å². The Labute approximate surface area is 123 Å². The van der Waals surface area contributed by atoms with Crippen LogP contribution in [0.15, 0.2) is 52.9 Å². The number of halogens is 3. The van der Waals surface area contributed by atoms with Gasteiger partial charge in [-0.2, -0.15) is 13.2 Å². The van der Waals surface area contributed by atoms with Crippen LogP contribution in [0.25, 0.3) is 11.0 Å². The molecule has 3 nitrogen and oxygen atoms in total. The minimum atomic E-state index is -4.41. The number of phenolic OH excluding ortho intramolecular Hbond substituents is 1. The van der Waals surface area contributed by atoms with E-state index in [1.165, 1.54) is 24.3 Å². The van der Waals surface area contributed by atoms with Crippen LogP contribution in [0, 0.1) is 0 Å². The van der Waals surface area contributed by atoms with Crippen molar-refractivity contribution in [2.75, 3.05) is 0 Å². The van der Waals surface area contributed by atoms with Crippen LogP contribution >= 0.6 is 0 Å². The molecule has 2 aromatic carbocycles. The summed E-state index contributed by atoms with van der Waals surface area (Å²) in [7, 11) is 0. The molecule has 0 fully saturated rings. The first-order valence-corrected chi connectivity index (χ1v) is 6.43. The lowest BCUT2D eigenvalue weighted by Crippen LogP contribution is -2.05. The standard InChI is InChI=1S/C16H11F3O3/c17-16(18,19)11-2-1-3-13(7-11)21-9-14-6-10-4-5-12(20)8-15(10)22-14/h1-8,20H,9H2. The molecule has 0 unspecified atom stereocenters. The summed E-state index contributed by atoms with van der Waals surface area (Å²) in [5, 5.41) is 10.1. The largest absolute Gasteiger partial charge is 0.508 e. The van der Waals surface area contributed by atoms with E-state index >= 15 is 0 Å². The van der Waals surface area contributed by atoms with E-state index in [0.29, 0.717) is 11.3 Å². The number of furan rings is 1. The molecule has 0 amide bonds. The first-order chi connectivity index (χ1) is 10.4. The Bertz CT molecular complexity index is 806. The monoisotopic (exact) mass is 308 g/mol. The van der Waals surface area contributed by atoms with Crippen LogP contribution in [0.5, 0.6) is 11.5 Å². The van der Waals surface area contributed by atoms with Crippen LogP contribution in [-0.2, 0) is 12.8 Å². The summed E-state index contributed by atoms with van der Waals surface area (Å²) < 4.78 is 48.6. The first kappa shape index (κ1) is 14.3. The fourth-order valence-electron chi connectivity index (χ4n) is 2.06. The van der Waals surface area contributed by atoms with Gasteiger partial charge in [-0.15, -0.1) is 0 Å². The van der Waals surface area contributed by atoms with Crippen molar-refractivity contribution in [2.24, 2.45) is 0 Å². The van der Waals surface area contributed by atoms with Gasteiger partial charge in [-0.1, -0.05) is 6.07 Å². The summed E-state index contributed by atoms with van der Waals surface area (Å²) in [5.74, 6) is 0.642. The molecule has 3 aromatic rings.